The Bertz CT molecular complexity index is 799. The molecule has 230 valence electrons. The highest BCUT2D eigenvalue weighted by Crippen LogP contribution is 2.66. The van der Waals surface area contributed by atoms with Gasteiger partial charge in [-0.15, -0.1) is 0 Å². The van der Waals surface area contributed by atoms with Crippen molar-refractivity contribution in [2.75, 3.05) is 0 Å². The van der Waals surface area contributed by atoms with E-state index < -0.39 is 0 Å². The third-order valence-electron chi connectivity index (χ3n) is 12.7. The van der Waals surface area contributed by atoms with Crippen molar-refractivity contribution in [2.45, 2.75) is 188 Å². The predicted octanol–water partition coefficient (Wildman–Crippen LogP) is 11.8. The van der Waals surface area contributed by atoms with Gasteiger partial charge < -0.3 is 4.74 Å². The molecule has 4 aliphatic carbocycles. The average molecular weight is 555 g/mol. The fraction of sp³-hybridized carbons (Fsp3) is 0.921. The van der Waals surface area contributed by atoms with Crippen molar-refractivity contribution in [3.05, 3.63) is 11.6 Å². The number of fused-ring (bicyclic) bond motifs is 5. The molecule has 40 heavy (non-hydrogen) atoms. The van der Waals surface area contributed by atoms with Crippen molar-refractivity contribution < 1.29 is 9.53 Å². The van der Waals surface area contributed by atoms with Crippen molar-refractivity contribution in [3.63, 3.8) is 0 Å². The van der Waals surface area contributed by atoms with Gasteiger partial charge in [-0.25, -0.2) is 0 Å². The molecule has 0 aromatic heterocycles. The summed E-state index contributed by atoms with van der Waals surface area (Å²) in [5.41, 5.74) is 2.59. The van der Waals surface area contributed by atoms with E-state index in [0.29, 0.717) is 17.3 Å². The van der Waals surface area contributed by atoms with E-state index in [-0.39, 0.29) is 12.1 Å². The third-order valence-corrected chi connectivity index (χ3v) is 12.7. The van der Waals surface area contributed by atoms with Crippen molar-refractivity contribution >= 4 is 5.97 Å². The van der Waals surface area contributed by atoms with Crippen LogP contribution in [-0.4, -0.2) is 12.1 Å². The SMILES string of the molecule is CCCCCCCCCCC(=O)O[C@H]1CC[C@@]2(C)C(=CC[C@H]3[C@H]4CC[C@@H](CCCCCCCC)[C@@]4(C)CC[C@H]32)C1. The number of carbonyl (C=O) groups excluding carboxylic acids is 1. The monoisotopic (exact) mass is 555 g/mol. The Morgan fingerprint density at radius 1 is 0.775 bits per heavy atom. The molecule has 0 heterocycles. The number of hydrogen-bond donors (Lipinski definition) is 0. The molecule has 2 nitrogen and oxygen atoms in total. The topological polar surface area (TPSA) is 26.3 Å². The van der Waals surface area contributed by atoms with Gasteiger partial charge in [0.15, 0.2) is 0 Å². The van der Waals surface area contributed by atoms with Crippen LogP contribution in [0.2, 0.25) is 0 Å². The van der Waals surface area contributed by atoms with Gasteiger partial charge in [0.05, 0.1) is 0 Å². The minimum absolute atomic E-state index is 0.0599. The van der Waals surface area contributed by atoms with Crippen LogP contribution >= 0.6 is 0 Å². The van der Waals surface area contributed by atoms with E-state index >= 15 is 0 Å². The van der Waals surface area contributed by atoms with Gasteiger partial charge in [0, 0.05) is 12.8 Å². The van der Waals surface area contributed by atoms with Crippen LogP contribution in [0.25, 0.3) is 0 Å². The maximum Gasteiger partial charge on any atom is 0.306 e. The van der Waals surface area contributed by atoms with Gasteiger partial charge in [-0.1, -0.05) is 123 Å². The summed E-state index contributed by atoms with van der Waals surface area (Å²) in [7, 11) is 0. The minimum atomic E-state index is 0.0599. The van der Waals surface area contributed by atoms with Gasteiger partial charge in [0.25, 0.3) is 0 Å². The number of carbonyl (C=O) groups is 1. The van der Waals surface area contributed by atoms with Crippen LogP contribution in [0.15, 0.2) is 11.6 Å². The molecule has 0 aromatic carbocycles. The molecule has 4 rings (SSSR count). The molecule has 0 saturated heterocycles. The second kappa shape index (κ2) is 15.6. The summed E-state index contributed by atoms with van der Waals surface area (Å²) in [5, 5.41) is 0. The zero-order valence-corrected chi connectivity index (χ0v) is 27.3. The number of allylic oxidation sites excluding steroid dienone is 1. The van der Waals surface area contributed by atoms with Crippen molar-refractivity contribution in [1.29, 1.82) is 0 Å². The summed E-state index contributed by atoms with van der Waals surface area (Å²) >= 11 is 0. The second-order valence-corrected chi connectivity index (χ2v) is 15.2. The summed E-state index contributed by atoms with van der Waals surface area (Å²) in [6.45, 7) is 9.89. The molecule has 2 heteroatoms. The zero-order chi connectivity index (χ0) is 28.4. The van der Waals surface area contributed by atoms with Gasteiger partial charge in [0.2, 0.25) is 0 Å². The smallest absolute Gasteiger partial charge is 0.306 e. The lowest BCUT2D eigenvalue weighted by molar-refractivity contribution is -0.151. The molecule has 3 saturated carbocycles. The molecule has 0 radical (unpaired) electrons. The molecule has 7 atom stereocenters. The first kappa shape index (κ1) is 32.1. The van der Waals surface area contributed by atoms with Crippen LogP contribution in [0, 0.1) is 34.5 Å². The molecule has 0 unspecified atom stereocenters. The van der Waals surface area contributed by atoms with Crippen LogP contribution in [0.4, 0.5) is 0 Å². The van der Waals surface area contributed by atoms with Crippen molar-refractivity contribution in [1.82, 2.24) is 0 Å². The van der Waals surface area contributed by atoms with E-state index in [0.717, 1.165) is 42.9 Å². The maximum atomic E-state index is 12.6. The van der Waals surface area contributed by atoms with Crippen LogP contribution in [0.5, 0.6) is 0 Å². The van der Waals surface area contributed by atoms with E-state index in [2.05, 4.69) is 33.8 Å². The first-order chi connectivity index (χ1) is 19.4. The van der Waals surface area contributed by atoms with Crippen LogP contribution in [0.1, 0.15) is 182 Å². The summed E-state index contributed by atoms with van der Waals surface area (Å²) < 4.78 is 6.07. The Hall–Kier alpha value is -0.790. The fourth-order valence-corrected chi connectivity index (χ4v) is 10.1. The first-order valence-corrected chi connectivity index (χ1v) is 18.3. The Morgan fingerprint density at radius 2 is 1.43 bits per heavy atom. The minimum Gasteiger partial charge on any atom is -0.462 e. The van der Waals surface area contributed by atoms with Gasteiger partial charge in [-0.05, 0) is 92.3 Å². The molecular weight excluding hydrogens is 488 g/mol. The highest BCUT2D eigenvalue weighted by molar-refractivity contribution is 5.69. The van der Waals surface area contributed by atoms with Gasteiger partial charge >= 0.3 is 5.97 Å². The largest absolute Gasteiger partial charge is 0.462 e. The molecule has 0 aromatic rings. The quantitative estimate of drug-likeness (QED) is 0.101. The van der Waals surface area contributed by atoms with Crippen molar-refractivity contribution in [3.8, 4) is 0 Å². The Labute approximate surface area is 249 Å². The van der Waals surface area contributed by atoms with Gasteiger partial charge in [-0.3, -0.25) is 4.79 Å². The average Bonchev–Trinajstić information content (AvgIpc) is 3.28. The van der Waals surface area contributed by atoms with E-state index in [1.165, 1.54) is 128 Å². The van der Waals surface area contributed by atoms with Crippen molar-refractivity contribution in [2.24, 2.45) is 34.5 Å². The number of esters is 1. The number of ether oxygens (including phenoxy) is 1. The summed E-state index contributed by atoms with van der Waals surface area (Å²) in [5.74, 6) is 3.72. The fourth-order valence-electron chi connectivity index (χ4n) is 10.1. The number of unbranched alkanes of at least 4 members (excludes halogenated alkanes) is 12. The number of hydrogen-bond acceptors (Lipinski definition) is 2. The lowest BCUT2D eigenvalue weighted by atomic mass is 9.47. The van der Waals surface area contributed by atoms with E-state index in [1.54, 1.807) is 5.57 Å². The van der Waals surface area contributed by atoms with E-state index in [9.17, 15) is 4.79 Å². The molecule has 3 fully saturated rings. The summed E-state index contributed by atoms with van der Waals surface area (Å²) in [6.07, 6.45) is 34.1. The van der Waals surface area contributed by atoms with E-state index in [4.69, 9.17) is 4.74 Å². The molecule has 4 aliphatic rings. The lowest BCUT2D eigenvalue weighted by Gasteiger charge is -2.58. The zero-order valence-electron chi connectivity index (χ0n) is 27.3. The van der Waals surface area contributed by atoms with Crippen LogP contribution in [0.3, 0.4) is 0 Å². The Balaban J connectivity index is 1.22. The van der Waals surface area contributed by atoms with Gasteiger partial charge in [0.1, 0.15) is 6.10 Å². The normalized spacial score (nSPS) is 35.0. The highest BCUT2D eigenvalue weighted by Gasteiger charge is 2.58. The molecule has 0 bridgehead atoms. The first-order valence-electron chi connectivity index (χ1n) is 18.3. The molecule has 0 amide bonds. The van der Waals surface area contributed by atoms with E-state index in [1.807, 2.05) is 0 Å². The Kier molecular flexibility index (Phi) is 12.5. The standard InChI is InChI=1S/C38H66O2/c1-5-7-9-11-13-14-16-18-20-36(39)40-32-25-27-38(4)31(29-32)21-23-33-34-24-22-30(19-17-15-12-10-8-6-2)37(34,3)28-26-35(33)38/h21,30,32-35H,5-20,22-29H2,1-4H3/t30-,32+,33+,34-,35-,37-,38+/m1/s1. The van der Waals surface area contributed by atoms with Gasteiger partial charge in [-0.2, -0.15) is 0 Å². The lowest BCUT2D eigenvalue weighted by Crippen LogP contribution is -2.50. The molecule has 0 N–H and O–H groups in total. The Morgan fingerprint density at radius 3 is 2.12 bits per heavy atom. The predicted molar refractivity (Wildman–Crippen MR) is 170 cm³/mol. The second-order valence-electron chi connectivity index (χ2n) is 15.2. The van der Waals surface area contributed by atoms with Crippen LogP contribution in [-0.2, 0) is 9.53 Å². The van der Waals surface area contributed by atoms with Crippen LogP contribution < -0.4 is 0 Å². The third kappa shape index (κ3) is 7.78. The number of rotatable bonds is 17. The molecule has 0 spiro atoms. The maximum absolute atomic E-state index is 12.6. The molecule has 0 aliphatic heterocycles. The highest BCUT2D eigenvalue weighted by atomic mass is 16.5. The molecular formula is C38H66O2. The summed E-state index contributed by atoms with van der Waals surface area (Å²) in [6, 6.07) is 0. The summed E-state index contributed by atoms with van der Waals surface area (Å²) in [4.78, 5) is 12.6.